The molecule has 0 radical (unpaired) electrons. The molecular weight excluding hydrogens is 240 g/mol. The zero-order chi connectivity index (χ0) is 14.3. The zero-order valence-electron chi connectivity index (χ0n) is 12.4. The summed E-state index contributed by atoms with van der Waals surface area (Å²) in [6.45, 7) is 11.8. The third-order valence-electron chi connectivity index (χ3n) is 3.50. The molecule has 0 aromatic rings. The Morgan fingerprint density at radius 3 is 2.89 bits per heavy atom. The summed E-state index contributed by atoms with van der Waals surface area (Å²) >= 11 is 0. The van der Waals surface area contributed by atoms with E-state index < -0.39 is 0 Å². The fraction of sp³-hybridized carbons (Fsp3) is 0.857. The Kier molecular flexibility index (Phi) is 6.35. The minimum Gasteiger partial charge on any atom is -0.295 e. The van der Waals surface area contributed by atoms with Crippen LogP contribution >= 0.6 is 0 Å². The molecule has 0 spiro atoms. The van der Waals surface area contributed by atoms with Crippen molar-refractivity contribution in [1.29, 1.82) is 0 Å². The summed E-state index contributed by atoms with van der Waals surface area (Å²) < 4.78 is 0. The minimum absolute atomic E-state index is 0.00106. The predicted molar refractivity (Wildman–Crippen MR) is 77.5 cm³/mol. The molecule has 0 aliphatic carbocycles. The lowest BCUT2D eigenvalue weighted by Gasteiger charge is -2.37. The van der Waals surface area contributed by atoms with Crippen LogP contribution in [0.3, 0.4) is 0 Å². The van der Waals surface area contributed by atoms with E-state index >= 15 is 0 Å². The summed E-state index contributed by atoms with van der Waals surface area (Å²) in [5.74, 6) is 0.598. The van der Waals surface area contributed by atoms with Crippen molar-refractivity contribution in [3.8, 4) is 0 Å². The molecular formula is C14H26N4O. The van der Waals surface area contributed by atoms with E-state index in [2.05, 4.69) is 42.4 Å². The number of nitrogens with zero attached hydrogens (tertiary/aromatic N) is 4. The van der Waals surface area contributed by atoms with Crippen LogP contribution in [0.25, 0.3) is 10.4 Å². The molecule has 0 amide bonds. The zero-order valence-corrected chi connectivity index (χ0v) is 12.4. The highest BCUT2D eigenvalue weighted by Gasteiger charge is 2.45. The first-order chi connectivity index (χ1) is 9.07. The third kappa shape index (κ3) is 4.23. The molecule has 0 aromatic heterocycles. The van der Waals surface area contributed by atoms with E-state index in [0.29, 0.717) is 12.5 Å². The molecule has 108 valence electrons. The maximum absolute atomic E-state index is 8.45. The molecule has 1 aliphatic rings. The number of hydrogen-bond donors (Lipinski definition) is 0. The SMILES string of the molecule is C=CC[C@@]1(CC(C)C)C[C@H](CN=[N+]=[N-])ON1CCC. The molecule has 1 rings (SSSR count). The lowest BCUT2D eigenvalue weighted by atomic mass is 9.81. The van der Waals surface area contributed by atoms with Gasteiger partial charge in [0.15, 0.2) is 0 Å². The summed E-state index contributed by atoms with van der Waals surface area (Å²) in [6.07, 6.45) is 5.93. The average molecular weight is 266 g/mol. The number of hydrogen-bond acceptors (Lipinski definition) is 3. The predicted octanol–water partition coefficient (Wildman–Crippen LogP) is 4.07. The molecule has 1 heterocycles. The van der Waals surface area contributed by atoms with Gasteiger partial charge in [0, 0.05) is 11.5 Å². The van der Waals surface area contributed by atoms with Gasteiger partial charge in [-0.1, -0.05) is 32.0 Å². The summed E-state index contributed by atoms with van der Waals surface area (Å²) in [5, 5.41) is 5.77. The second kappa shape index (κ2) is 7.53. The van der Waals surface area contributed by atoms with Crippen molar-refractivity contribution >= 4 is 0 Å². The second-order valence-corrected chi connectivity index (χ2v) is 5.76. The first-order valence-electron chi connectivity index (χ1n) is 7.14. The molecule has 5 heteroatoms. The molecule has 0 aromatic carbocycles. The van der Waals surface area contributed by atoms with Crippen LogP contribution in [0.5, 0.6) is 0 Å². The van der Waals surface area contributed by atoms with Crippen molar-refractivity contribution in [3.63, 3.8) is 0 Å². The molecule has 0 saturated carbocycles. The molecule has 19 heavy (non-hydrogen) atoms. The number of hydroxylamine groups is 2. The lowest BCUT2D eigenvalue weighted by molar-refractivity contribution is -0.188. The largest absolute Gasteiger partial charge is 0.295 e. The van der Waals surface area contributed by atoms with Gasteiger partial charge in [-0.2, -0.15) is 5.06 Å². The van der Waals surface area contributed by atoms with Crippen molar-refractivity contribution in [3.05, 3.63) is 23.1 Å². The van der Waals surface area contributed by atoms with E-state index in [1.54, 1.807) is 0 Å². The third-order valence-corrected chi connectivity index (χ3v) is 3.50. The fourth-order valence-electron chi connectivity index (χ4n) is 3.06. The van der Waals surface area contributed by atoms with Crippen LogP contribution in [-0.4, -0.2) is 29.8 Å². The Labute approximate surface area is 116 Å². The van der Waals surface area contributed by atoms with Gasteiger partial charge < -0.3 is 0 Å². The van der Waals surface area contributed by atoms with Gasteiger partial charge in [-0.05, 0) is 37.1 Å². The quantitative estimate of drug-likeness (QED) is 0.288. The van der Waals surface area contributed by atoms with Crippen LogP contribution in [0.15, 0.2) is 17.8 Å². The average Bonchev–Trinajstić information content (AvgIpc) is 2.65. The molecule has 0 unspecified atom stereocenters. The Hall–Kier alpha value is -1.03. The minimum atomic E-state index is 0.00106. The van der Waals surface area contributed by atoms with Crippen LogP contribution < -0.4 is 0 Å². The maximum atomic E-state index is 8.45. The fourth-order valence-corrected chi connectivity index (χ4v) is 3.06. The van der Waals surface area contributed by atoms with Crippen molar-refractivity contribution in [2.45, 2.75) is 58.1 Å². The molecule has 0 bridgehead atoms. The lowest BCUT2D eigenvalue weighted by Crippen LogP contribution is -2.44. The van der Waals surface area contributed by atoms with Crippen LogP contribution in [0, 0.1) is 5.92 Å². The van der Waals surface area contributed by atoms with E-state index in [-0.39, 0.29) is 11.6 Å². The Bertz CT molecular complexity index is 338. The van der Waals surface area contributed by atoms with Gasteiger partial charge in [-0.15, -0.1) is 6.58 Å². The van der Waals surface area contributed by atoms with E-state index in [4.69, 9.17) is 10.4 Å². The molecule has 2 atom stereocenters. The van der Waals surface area contributed by atoms with E-state index in [1.807, 2.05) is 6.08 Å². The topological polar surface area (TPSA) is 61.2 Å². The van der Waals surface area contributed by atoms with Crippen LogP contribution in [0.4, 0.5) is 0 Å². The van der Waals surface area contributed by atoms with Crippen molar-refractivity contribution in [2.75, 3.05) is 13.1 Å². The summed E-state index contributed by atoms with van der Waals surface area (Å²) in [4.78, 5) is 8.83. The van der Waals surface area contributed by atoms with Crippen LogP contribution in [0.1, 0.15) is 46.5 Å². The van der Waals surface area contributed by atoms with Gasteiger partial charge in [-0.25, -0.2) is 0 Å². The van der Waals surface area contributed by atoms with Gasteiger partial charge in [0.2, 0.25) is 0 Å². The first-order valence-corrected chi connectivity index (χ1v) is 7.14. The molecule has 5 nitrogen and oxygen atoms in total. The molecule has 1 saturated heterocycles. The molecule has 1 aliphatic heterocycles. The van der Waals surface area contributed by atoms with Crippen molar-refractivity contribution in [2.24, 2.45) is 11.0 Å². The van der Waals surface area contributed by atoms with E-state index in [0.717, 1.165) is 32.2 Å². The highest BCUT2D eigenvalue weighted by molar-refractivity contribution is 4.99. The first kappa shape index (κ1) is 16.0. The van der Waals surface area contributed by atoms with E-state index in [9.17, 15) is 0 Å². The second-order valence-electron chi connectivity index (χ2n) is 5.76. The molecule has 1 fully saturated rings. The summed E-state index contributed by atoms with van der Waals surface area (Å²) in [7, 11) is 0. The highest BCUT2D eigenvalue weighted by atomic mass is 16.7. The standard InChI is InChI=1S/C14H26N4O/c1-5-7-14(9-12(3)4)10-13(11-16-17-15)19-18(14)8-6-2/h5,12-13H,1,6-11H2,2-4H3/t13-,14-/m1/s1. The Balaban J connectivity index is 2.87. The van der Waals surface area contributed by atoms with Crippen LogP contribution in [0.2, 0.25) is 0 Å². The number of azide groups is 1. The van der Waals surface area contributed by atoms with E-state index in [1.165, 1.54) is 0 Å². The Morgan fingerprint density at radius 1 is 1.63 bits per heavy atom. The van der Waals surface area contributed by atoms with Gasteiger partial charge in [0.25, 0.3) is 0 Å². The van der Waals surface area contributed by atoms with Gasteiger partial charge in [0.1, 0.15) is 0 Å². The van der Waals surface area contributed by atoms with Crippen molar-refractivity contribution < 1.29 is 4.84 Å². The van der Waals surface area contributed by atoms with Gasteiger partial charge >= 0.3 is 0 Å². The molecule has 0 N–H and O–H groups in total. The smallest absolute Gasteiger partial charge is 0.0868 e. The maximum Gasteiger partial charge on any atom is 0.0868 e. The van der Waals surface area contributed by atoms with Gasteiger partial charge in [0.05, 0.1) is 18.2 Å². The summed E-state index contributed by atoms with van der Waals surface area (Å²) in [6, 6.07) is 0. The summed E-state index contributed by atoms with van der Waals surface area (Å²) in [5.41, 5.74) is 8.46. The van der Waals surface area contributed by atoms with Gasteiger partial charge in [-0.3, -0.25) is 4.84 Å². The normalized spacial score (nSPS) is 27.5. The Morgan fingerprint density at radius 2 is 2.37 bits per heavy atom. The number of rotatable bonds is 8. The highest BCUT2D eigenvalue weighted by Crippen LogP contribution is 2.40. The monoisotopic (exact) mass is 266 g/mol. The van der Waals surface area contributed by atoms with Crippen LogP contribution in [-0.2, 0) is 4.84 Å². The van der Waals surface area contributed by atoms with Crippen molar-refractivity contribution in [1.82, 2.24) is 5.06 Å².